The smallest absolute Gasteiger partial charge is 0.417 e. The summed E-state index contributed by atoms with van der Waals surface area (Å²) in [6.07, 6.45) is -4.70. The molecule has 0 saturated carbocycles. The first-order valence-corrected chi connectivity index (χ1v) is 8.27. The zero-order valence-corrected chi connectivity index (χ0v) is 15.2. The van der Waals surface area contributed by atoms with Crippen LogP contribution in [0.2, 0.25) is 0 Å². The molecule has 0 radical (unpaired) electrons. The third-order valence-corrected chi connectivity index (χ3v) is 4.67. The molecule has 2 aromatic rings. The Hall–Kier alpha value is -3.47. The molecule has 0 aromatic heterocycles. The first-order valence-electron chi connectivity index (χ1n) is 8.27. The van der Waals surface area contributed by atoms with Gasteiger partial charge in [0.2, 0.25) is 0 Å². The van der Waals surface area contributed by atoms with E-state index < -0.39 is 22.8 Å². The molecule has 0 unspecified atom stereocenters. The van der Waals surface area contributed by atoms with E-state index in [1.807, 2.05) is 0 Å². The van der Waals surface area contributed by atoms with Gasteiger partial charge in [-0.1, -0.05) is 6.58 Å². The van der Waals surface area contributed by atoms with Crippen molar-refractivity contribution >= 4 is 17.2 Å². The fourth-order valence-electron chi connectivity index (χ4n) is 3.29. The fraction of sp³-hybridized carbons (Fsp3) is 0.200. The highest BCUT2D eigenvalue weighted by Crippen LogP contribution is 2.42. The van der Waals surface area contributed by atoms with Crippen LogP contribution < -0.4 is 9.80 Å². The molecule has 28 heavy (non-hydrogen) atoms. The van der Waals surface area contributed by atoms with Gasteiger partial charge in [-0.3, -0.25) is 10.3 Å². The summed E-state index contributed by atoms with van der Waals surface area (Å²) in [4.78, 5) is 3.03. The van der Waals surface area contributed by atoms with Crippen LogP contribution in [0.15, 0.2) is 54.9 Å². The van der Waals surface area contributed by atoms with Gasteiger partial charge in [-0.05, 0) is 56.3 Å². The largest absolute Gasteiger partial charge is 0.508 e. The molecule has 1 saturated heterocycles. The van der Waals surface area contributed by atoms with Gasteiger partial charge in [0.05, 0.1) is 22.7 Å². The standard InChI is InChI=1S/C20H17F3N4O/c1-12-26(15-5-4-13(11-24)17(10-15)20(21,22)23)18(25)19(2,3)27(12)14-6-8-16(28)9-7-14/h4-10,25,28H,1H2,2-3H3. The number of anilines is 2. The van der Waals surface area contributed by atoms with Crippen LogP contribution in [0.4, 0.5) is 24.5 Å². The van der Waals surface area contributed by atoms with Crippen LogP contribution >= 0.6 is 0 Å². The second-order valence-corrected chi connectivity index (χ2v) is 6.85. The number of alkyl halides is 3. The number of phenols is 1. The van der Waals surface area contributed by atoms with Gasteiger partial charge in [-0.2, -0.15) is 18.4 Å². The van der Waals surface area contributed by atoms with Crippen LogP contribution in [0, 0.1) is 16.7 Å². The predicted octanol–water partition coefficient (Wildman–Crippen LogP) is 4.84. The van der Waals surface area contributed by atoms with E-state index >= 15 is 0 Å². The quantitative estimate of drug-likeness (QED) is 0.775. The van der Waals surface area contributed by atoms with Crippen LogP contribution in [-0.4, -0.2) is 16.5 Å². The first kappa shape index (κ1) is 19.3. The number of halogens is 3. The molecule has 1 aliphatic heterocycles. The average Bonchev–Trinajstić information content (AvgIpc) is 2.79. The summed E-state index contributed by atoms with van der Waals surface area (Å²) in [5.41, 5.74) is -1.72. The minimum atomic E-state index is -4.70. The number of phenolic OH excluding ortho intramolecular Hbond substituents is 1. The molecule has 1 aliphatic rings. The van der Waals surface area contributed by atoms with Crippen LogP contribution in [-0.2, 0) is 6.18 Å². The van der Waals surface area contributed by atoms with Gasteiger partial charge in [0.15, 0.2) is 0 Å². The number of nitriles is 1. The summed E-state index contributed by atoms with van der Waals surface area (Å²) in [6, 6.07) is 11.1. The minimum absolute atomic E-state index is 0.0309. The molecular formula is C20H17F3N4O. The molecule has 0 atom stereocenters. The average molecular weight is 386 g/mol. The molecule has 144 valence electrons. The van der Waals surface area contributed by atoms with Crippen LogP contribution in [0.3, 0.4) is 0 Å². The summed E-state index contributed by atoms with van der Waals surface area (Å²) < 4.78 is 40.0. The van der Waals surface area contributed by atoms with Crippen molar-refractivity contribution in [2.24, 2.45) is 0 Å². The van der Waals surface area contributed by atoms with E-state index in [-0.39, 0.29) is 17.3 Å². The highest BCUT2D eigenvalue weighted by Gasteiger charge is 2.46. The van der Waals surface area contributed by atoms with Crippen molar-refractivity contribution in [1.29, 1.82) is 10.7 Å². The van der Waals surface area contributed by atoms with E-state index in [2.05, 4.69) is 6.58 Å². The Kier molecular flexibility index (Phi) is 4.34. The predicted molar refractivity (Wildman–Crippen MR) is 100 cm³/mol. The van der Waals surface area contributed by atoms with Gasteiger partial charge >= 0.3 is 6.18 Å². The van der Waals surface area contributed by atoms with Gasteiger partial charge in [-0.15, -0.1) is 0 Å². The number of hydrogen-bond donors (Lipinski definition) is 2. The lowest BCUT2D eigenvalue weighted by atomic mass is 10.0. The Morgan fingerprint density at radius 3 is 2.21 bits per heavy atom. The summed E-state index contributed by atoms with van der Waals surface area (Å²) in [5.74, 6) is 0.391. The van der Waals surface area contributed by atoms with E-state index in [9.17, 15) is 18.3 Å². The molecule has 8 heteroatoms. The fourth-order valence-corrected chi connectivity index (χ4v) is 3.29. The van der Waals surface area contributed by atoms with E-state index in [1.165, 1.54) is 23.1 Å². The van der Waals surface area contributed by atoms with Crippen molar-refractivity contribution in [1.82, 2.24) is 0 Å². The van der Waals surface area contributed by atoms with E-state index in [1.54, 1.807) is 36.9 Å². The van der Waals surface area contributed by atoms with Crippen molar-refractivity contribution in [2.75, 3.05) is 9.80 Å². The Labute approximate surface area is 160 Å². The molecule has 2 aromatic carbocycles. The molecule has 0 aliphatic carbocycles. The molecule has 1 heterocycles. The SMILES string of the molecule is C=C1N(c2ccc(C#N)c(C(F)(F)F)c2)C(=N)C(C)(C)N1c1ccc(O)cc1. The van der Waals surface area contributed by atoms with Gasteiger partial charge in [-0.25, -0.2) is 0 Å². The second-order valence-electron chi connectivity index (χ2n) is 6.85. The lowest BCUT2D eigenvalue weighted by molar-refractivity contribution is -0.137. The number of rotatable bonds is 2. The minimum Gasteiger partial charge on any atom is -0.508 e. The van der Waals surface area contributed by atoms with Crippen molar-refractivity contribution < 1.29 is 18.3 Å². The first-order chi connectivity index (χ1) is 13.0. The summed E-state index contributed by atoms with van der Waals surface area (Å²) in [6.45, 7) is 7.48. The molecule has 0 spiro atoms. The van der Waals surface area contributed by atoms with E-state index in [0.29, 0.717) is 11.5 Å². The molecule has 3 rings (SSSR count). The lowest BCUT2D eigenvalue weighted by Crippen LogP contribution is -2.43. The molecular weight excluding hydrogens is 369 g/mol. The van der Waals surface area contributed by atoms with Gasteiger partial charge < -0.3 is 10.0 Å². The van der Waals surface area contributed by atoms with Crippen molar-refractivity contribution in [3.63, 3.8) is 0 Å². The Bertz CT molecular complexity index is 1000. The number of nitrogens with zero attached hydrogens (tertiary/aromatic N) is 3. The zero-order chi connectivity index (χ0) is 20.9. The third-order valence-electron chi connectivity index (χ3n) is 4.67. The van der Waals surface area contributed by atoms with E-state index in [0.717, 1.165) is 12.1 Å². The second kappa shape index (κ2) is 6.30. The maximum absolute atomic E-state index is 13.3. The molecule has 5 nitrogen and oxygen atoms in total. The third kappa shape index (κ3) is 2.95. The number of hydrogen-bond acceptors (Lipinski definition) is 4. The van der Waals surface area contributed by atoms with Gasteiger partial charge in [0, 0.05) is 11.4 Å². The summed E-state index contributed by atoms with van der Waals surface area (Å²) in [7, 11) is 0. The Morgan fingerprint density at radius 2 is 1.68 bits per heavy atom. The molecule has 0 bridgehead atoms. The Morgan fingerprint density at radius 1 is 1.11 bits per heavy atom. The van der Waals surface area contributed by atoms with Gasteiger partial charge in [0.25, 0.3) is 0 Å². The Balaban J connectivity index is 2.11. The van der Waals surface area contributed by atoms with Crippen molar-refractivity contribution in [3.05, 3.63) is 66.0 Å². The topological polar surface area (TPSA) is 74.4 Å². The van der Waals surface area contributed by atoms with Crippen LogP contribution in [0.25, 0.3) is 0 Å². The maximum Gasteiger partial charge on any atom is 0.417 e. The van der Waals surface area contributed by atoms with Crippen molar-refractivity contribution in [3.8, 4) is 11.8 Å². The summed E-state index contributed by atoms with van der Waals surface area (Å²) in [5, 5.41) is 27.0. The molecule has 0 amide bonds. The van der Waals surface area contributed by atoms with Crippen LogP contribution in [0.1, 0.15) is 25.0 Å². The monoisotopic (exact) mass is 386 g/mol. The number of benzene rings is 2. The molecule has 1 fully saturated rings. The molecule has 2 N–H and O–H groups in total. The number of amidine groups is 1. The normalized spacial score (nSPS) is 16.4. The summed E-state index contributed by atoms with van der Waals surface area (Å²) >= 11 is 0. The van der Waals surface area contributed by atoms with E-state index in [4.69, 9.17) is 10.7 Å². The number of nitrogens with one attached hydrogen (secondary N) is 1. The maximum atomic E-state index is 13.3. The zero-order valence-electron chi connectivity index (χ0n) is 15.2. The number of aromatic hydroxyl groups is 1. The van der Waals surface area contributed by atoms with Crippen LogP contribution in [0.5, 0.6) is 5.75 Å². The highest BCUT2D eigenvalue weighted by atomic mass is 19.4. The van der Waals surface area contributed by atoms with Crippen molar-refractivity contribution in [2.45, 2.75) is 25.6 Å². The van der Waals surface area contributed by atoms with Gasteiger partial charge in [0.1, 0.15) is 17.4 Å². The lowest BCUT2D eigenvalue weighted by Gasteiger charge is -2.31. The highest BCUT2D eigenvalue weighted by molar-refractivity contribution is 6.11.